The number of hydrogen-bond acceptors (Lipinski definition) is 3. The number of phenols is 2. The molecule has 3 heteroatoms. The summed E-state index contributed by atoms with van der Waals surface area (Å²) in [5.74, 6) is 0.212. The molecular weight excluding hydrogens is 264 g/mol. The monoisotopic (exact) mass is 282 g/mol. The number of carbonyl (C=O) groups excluding carboxylic acids is 1. The zero-order chi connectivity index (χ0) is 15.3. The van der Waals surface area contributed by atoms with E-state index in [9.17, 15) is 15.0 Å². The van der Waals surface area contributed by atoms with Gasteiger partial charge in [0.1, 0.15) is 11.5 Å². The molecule has 0 atom stereocenters. The van der Waals surface area contributed by atoms with Gasteiger partial charge in [-0.1, -0.05) is 12.1 Å². The largest absolute Gasteiger partial charge is 0.508 e. The summed E-state index contributed by atoms with van der Waals surface area (Å²) < 4.78 is 0. The first kappa shape index (κ1) is 13.7. The van der Waals surface area contributed by atoms with E-state index in [-0.39, 0.29) is 17.3 Å². The molecular formula is C18H18O3. The minimum Gasteiger partial charge on any atom is -0.508 e. The minimum absolute atomic E-state index is 0.0693. The number of phenolic OH excluding ortho intramolecular Hbond substituents is 2. The zero-order valence-corrected chi connectivity index (χ0v) is 12.4. The number of aromatic hydroxyl groups is 2. The highest BCUT2D eigenvalue weighted by atomic mass is 16.3. The Morgan fingerprint density at radius 1 is 1.14 bits per heavy atom. The number of carbonyl (C=O) groups is 1. The molecule has 1 aliphatic carbocycles. The Balaban J connectivity index is 2.41. The van der Waals surface area contributed by atoms with Crippen molar-refractivity contribution in [3.05, 3.63) is 46.0 Å². The number of aryl methyl sites for hydroxylation is 2. The topological polar surface area (TPSA) is 57.5 Å². The van der Waals surface area contributed by atoms with Crippen molar-refractivity contribution in [1.29, 1.82) is 0 Å². The van der Waals surface area contributed by atoms with E-state index in [4.69, 9.17) is 0 Å². The van der Waals surface area contributed by atoms with Gasteiger partial charge in [-0.15, -0.1) is 0 Å². The standard InChI is InChI=1S/C18H18O3/c1-9-8-12-4-5-13-10(2)15(20)7-6-14(13)17(12)16(11(3)19)18(9)21/h6-8,20-21H,4-5H2,1-3H3. The Kier molecular flexibility index (Phi) is 3.01. The summed E-state index contributed by atoms with van der Waals surface area (Å²) >= 11 is 0. The first-order chi connectivity index (χ1) is 9.91. The SMILES string of the molecule is CC(=O)c1c(O)c(C)cc2c1-c1ccc(O)c(C)c1CC2. The highest BCUT2D eigenvalue weighted by Crippen LogP contribution is 2.43. The van der Waals surface area contributed by atoms with Crippen LogP contribution in [0.5, 0.6) is 11.5 Å². The summed E-state index contributed by atoms with van der Waals surface area (Å²) in [6.07, 6.45) is 1.65. The van der Waals surface area contributed by atoms with Crippen LogP contribution in [0, 0.1) is 13.8 Å². The fourth-order valence-corrected chi connectivity index (χ4v) is 3.29. The molecule has 0 heterocycles. The van der Waals surface area contributed by atoms with Gasteiger partial charge in [-0.25, -0.2) is 0 Å². The molecule has 0 saturated heterocycles. The van der Waals surface area contributed by atoms with E-state index in [2.05, 4.69) is 0 Å². The van der Waals surface area contributed by atoms with Crippen molar-refractivity contribution in [2.75, 3.05) is 0 Å². The Bertz CT molecular complexity index is 773. The lowest BCUT2D eigenvalue weighted by molar-refractivity contribution is 0.101. The van der Waals surface area contributed by atoms with Gasteiger partial charge in [0.25, 0.3) is 0 Å². The summed E-state index contributed by atoms with van der Waals surface area (Å²) in [6, 6.07) is 5.46. The number of hydrogen-bond donors (Lipinski definition) is 2. The number of fused-ring (bicyclic) bond motifs is 3. The molecule has 1 aliphatic rings. The van der Waals surface area contributed by atoms with E-state index < -0.39 is 0 Å². The van der Waals surface area contributed by atoms with Crippen LogP contribution in [0.25, 0.3) is 11.1 Å². The second kappa shape index (κ2) is 4.62. The molecule has 2 aromatic rings. The van der Waals surface area contributed by atoms with Crippen LogP contribution in [-0.2, 0) is 12.8 Å². The average molecular weight is 282 g/mol. The van der Waals surface area contributed by atoms with E-state index >= 15 is 0 Å². The van der Waals surface area contributed by atoms with Gasteiger partial charge in [-0.2, -0.15) is 0 Å². The van der Waals surface area contributed by atoms with Gasteiger partial charge in [0.05, 0.1) is 5.56 Å². The van der Waals surface area contributed by atoms with Crippen LogP contribution >= 0.6 is 0 Å². The van der Waals surface area contributed by atoms with Crippen LogP contribution in [0.3, 0.4) is 0 Å². The molecule has 0 saturated carbocycles. The molecule has 0 radical (unpaired) electrons. The molecule has 0 spiro atoms. The lowest BCUT2D eigenvalue weighted by atomic mass is 9.79. The lowest BCUT2D eigenvalue weighted by Gasteiger charge is -2.25. The van der Waals surface area contributed by atoms with E-state index in [0.717, 1.165) is 46.2 Å². The maximum absolute atomic E-state index is 12.0. The van der Waals surface area contributed by atoms with Crippen molar-refractivity contribution in [1.82, 2.24) is 0 Å². The molecule has 0 fully saturated rings. The second-order valence-electron chi connectivity index (χ2n) is 5.74. The molecule has 3 rings (SSSR count). The maximum Gasteiger partial charge on any atom is 0.164 e. The Morgan fingerprint density at radius 2 is 1.86 bits per heavy atom. The third-order valence-electron chi connectivity index (χ3n) is 4.41. The Labute approximate surface area is 123 Å². The highest BCUT2D eigenvalue weighted by molar-refractivity contribution is 6.05. The predicted molar refractivity (Wildman–Crippen MR) is 82.1 cm³/mol. The average Bonchev–Trinajstić information content (AvgIpc) is 2.43. The van der Waals surface area contributed by atoms with E-state index in [1.807, 2.05) is 26.0 Å². The predicted octanol–water partition coefficient (Wildman–Crippen LogP) is 3.68. The second-order valence-corrected chi connectivity index (χ2v) is 5.74. The van der Waals surface area contributed by atoms with Crippen LogP contribution in [0.15, 0.2) is 18.2 Å². The van der Waals surface area contributed by atoms with Gasteiger partial charge in [-0.05, 0) is 73.1 Å². The van der Waals surface area contributed by atoms with E-state index in [1.54, 1.807) is 6.07 Å². The van der Waals surface area contributed by atoms with Crippen LogP contribution in [0.4, 0.5) is 0 Å². The van der Waals surface area contributed by atoms with Crippen molar-refractivity contribution < 1.29 is 15.0 Å². The summed E-state index contributed by atoms with van der Waals surface area (Å²) in [5.41, 5.74) is 5.92. The van der Waals surface area contributed by atoms with Gasteiger partial charge < -0.3 is 10.2 Å². The van der Waals surface area contributed by atoms with Crippen molar-refractivity contribution in [3.63, 3.8) is 0 Å². The summed E-state index contributed by atoms with van der Waals surface area (Å²) in [5, 5.41) is 20.2. The molecule has 2 aromatic carbocycles. The van der Waals surface area contributed by atoms with Crippen LogP contribution < -0.4 is 0 Å². The van der Waals surface area contributed by atoms with Crippen molar-refractivity contribution >= 4 is 5.78 Å². The van der Waals surface area contributed by atoms with Gasteiger partial charge in [0.15, 0.2) is 5.78 Å². The number of rotatable bonds is 1. The molecule has 0 aliphatic heterocycles. The van der Waals surface area contributed by atoms with E-state index in [0.29, 0.717) is 5.56 Å². The molecule has 3 nitrogen and oxygen atoms in total. The van der Waals surface area contributed by atoms with Crippen molar-refractivity contribution in [3.8, 4) is 22.6 Å². The smallest absolute Gasteiger partial charge is 0.164 e. The summed E-state index contributed by atoms with van der Waals surface area (Å²) in [6.45, 7) is 5.19. The fourth-order valence-electron chi connectivity index (χ4n) is 3.29. The van der Waals surface area contributed by atoms with Crippen molar-refractivity contribution in [2.24, 2.45) is 0 Å². The molecule has 0 bridgehead atoms. The molecule has 0 amide bonds. The molecule has 108 valence electrons. The first-order valence-corrected chi connectivity index (χ1v) is 7.10. The fraction of sp³-hybridized carbons (Fsp3) is 0.278. The van der Waals surface area contributed by atoms with Crippen LogP contribution in [0.1, 0.15) is 39.5 Å². The van der Waals surface area contributed by atoms with Gasteiger partial charge in [0.2, 0.25) is 0 Å². The van der Waals surface area contributed by atoms with E-state index in [1.165, 1.54) is 6.92 Å². The lowest BCUT2D eigenvalue weighted by Crippen LogP contribution is -2.11. The first-order valence-electron chi connectivity index (χ1n) is 7.10. The normalized spacial score (nSPS) is 12.7. The third kappa shape index (κ3) is 1.92. The summed E-state index contributed by atoms with van der Waals surface area (Å²) in [7, 11) is 0. The maximum atomic E-state index is 12.0. The molecule has 21 heavy (non-hydrogen) atoms. The van der Waals surface area contributed by atoms with Gasteiger partial charge in [0, 0.05) is 0 Å². The zero-order valence-electron chi connectivity index (χ0n) is 12.4. The van der Waals surface area contributed by atoms with Gasteiger partial charge in [-0.3, -0.25) is 4.79 Å². The van der Waals surface area contributed by atoms with Gasteiger partial charge >= 0.3 is 0 Å². The quantitative estimate of drug-likeness (QED) is 0.784. The minimum atomic E-state index is -0.133. The summed E-state index contributed by atoms with van der Waals surface area (Å²) in [4.78, 5) is 12.0. The highest BCUT2D eigenvalue weighted by Gasteiger charge is 2.26. The number of benzene rings is 2. The molecule has 2 N–H and O–H groups in total. The van der Waals surface area contributed by atoms with Crippen molar-refractivity contribution in [2.45, 2.75) is 33.6 Å². The Hall–Kier alpha value is -2.29. The number of Topliss-reactive ketones (excluding diaryl/α,β-unsaturated/α-hetero) is 1. The third-order valence-corrected chi connectivity index (χ3v) is 4.41. The number of ketones is 1. The molecule has 0 aromatic heterocycles. The van der Waals surface area contributed by atoms with Crippen LogP contribution in [-0.4, -0.2) is 16.0 Å². The molecule has 0 unspecified atom stereocenters. The van der Waals surface area contributed by atoms with Crippen LogP contribution in [0.2, 0.25) is 0 Å². The Morgan fingerprint density at radius 3 is 2.52 bits per heavy atom.